The topological polar surface area (TPSA) is 91.9 Å². The van der Waals surface area contributed by atoms with E-state index in [9.17, 15) is 0 Å². The SMILES string of the molecule is CC1(C)CC(c2cc(F)c3c(c2)[C@]2(COC(N)=N2)c2cc(-c4cncnc4)ccc2O3)=CCO1. The van der Waals surface area contributed by atoms with Crippen LogP contribution in [0.1, 0.15) is 37.0 Å². The largest absolute Gasteiger partial charge is 0.462 e. The minimum atomic E-state index is -1.03. The standard InChI is InChI=1S/C26H23FN4O3/c1-25(2)10-16(5-6-33-25)17-8-20-23(21(27)9-17)34-22-4-3-15(18-11-29-14-30-12-18)7-19(22)26(20)13-32-24(28)31-26/h3-5,7-9,11-12,14H,6,10,13H2,1-2H3,(H2,28,31)/t26-/m0/s1. The highest BCUT2D eigenvalue weighted by atomic mass is 19.1. The van der Waals surface area contributed by atoms with E-state index >= 15 is 4.39 Å². The van der Waals surface area contributed by atoms with Crippen LogP contribution in [0.15, 0.2) is 60.1 Å². The molecule has 3 aromatic rings. The second-order valence-corrected chi connectivity index (χ2v) is 9.35. The number of rotatable bonds is 2. The molecular weight excluding hydrogens is 435 g/mol. The normalized spacial score (nSPS) is 22.2. The van der Waals surface area contributed by atoms with Crippen molar-refractivity contribution in [1.82, 2.24) is 9.97 Å². The third-order valence-electron chi connectivity index (χ3n) is 6.54. The molecule has 0 amide bonds. The Labute approximate surface area is 196 Å². The van der Waals surface area contributed by atoms with Crippen LogP contribution < -0.4 is 10.5 Å². The van der Waals surface area contributed by atoms with Crippen molar-refractivity contribution in [2.75, 3.05) is 13.2 Å². The fraction of sp³-hybridized carbons (Fsp3) is 0.269. The lowest BCUT2D eigenvalue weighted by Gasteiger charge is -2.35. The summed E-state index contributed by atoms with van der Waals surface area (Å²) in [6, 6.07) is 9.18. The van der Waals surface area contributed by atoms with E-state index in [0.29, 0.717) is 24.3 Å². The Morgan fingerprint density at radius 3 is 2.53 bits per heavy atom. The maximum Gasteiger partial charge on any atom is 0.283 e. The van der Waals surface area contributed by atoms with Crippen LogP contribution in [0.25, 0.3) is 16.7 Å². The second-order valence-electron chi connectivity index (χ2n) is 9.35. The molecule has 3 aliphatic rings. The van der Waals surface area contributed by atoms with Gasteiger partial charge in [0.05, 0.1) is 12.2 Å². The monoisotopic (exact) mass is 458 g/mol. The quantitative estimate of drug-likeness (QED) is 0.605. The average molecular weight is 458 g/mol. The fourth-order valence-corrected chi connectivity index (χ4v) is 4.89. The van der Waals surface area contributed by atoms with Crippen molar-refractivity contribution in [2.24, 2.45) is 10.7 Å². The molecule has 1 atom stereocenters. The van der Waals surface area contributed by atoms with Gasteiger partial charge in [0, 0.05) is 35.5 Å². The van der Waals surface area contributed by atoms with E-state index in [-0.39, 0.29) is 24.0 Å². The third-order valence-corrected chi connectivity index (χ3v) is 6.54. The highest BCUT2D eigenvalue weighted by Gasteiger charge is 2.48. The Morgan fingerprint density at radius 2 is 1.79 bits per heavy atom. The Morgan fingerprint density at radius 1 is 1.00 bits per heavy atom. The molecule has 0 radical (unpaired) electrons. The summed E-state index contributed by atoms with van der Waals surface area (Å²) in [5.74, 6) is 0.193. The van der Waals surface area contributed by atoms with Gasteiger partial charge in [0.15, 0.2) is 17.1 Å². The van der Waals surface area contributed by atoms with Gasteiger partial charge >= 0.3 is 0 Å². The van der Waals surface area contributed by atoms with Crippen LogP contribution in [0.4, 0.5) is 4.39 Å². The smallest absolute Gasteiger partial charge is 0.283 e. The Balaban J connectivity index is 1.54. The fourth-order valence-electron chi connectivity index (χ4n) is 4.89. The number of fused-ring (bicyclic) bond motifs is 4. The summed E-state index contributed by atoms with van der Waals surface area (Å²) in [5.41, 5.74) is 9.50. The van der Waals surface area contributed by atoms with Crippen molar-refractivity contribution >= 4 is 11.6 Å². The molecule has 172 valence electrons. The van der Waals surface area contributed by atoms with Crippen molar-refractivity contribution < 1.29 is 18.6 Å². The van der Waals surface area contributed by atoms with Gasteiger partial charge in [-0.15, -0.1) is 0 Å². The zero-order chi connectivity index (χ0) is 23.5. The van der Waals surface area contributed by atoms with Crippen LogP contribution in [0.2, 0.25) is 0 Å². The predicted octanol–water partition coefficient (Wildman–Crippen LogP) is 4.56. The van der Waals surface area contributed by atoms with Gasteiger partial charge in [0.1, 0.15) is 18.7 Å². The van der Waals surface area contributed by atoms with Gasteiger partial charge in [0.2, 0.25) is 0 Å². The molecule has 1 spiro atoms. The number of nitrogens with two attached hydrogens (primary N) is 1. The molecule has 0 unspecified atom stereocenters. The first-order valence-electron chi connectivity index (χ1n) is 11.1. The highest BCUT2D eigenvalue weighted by Crippen LogP contribution is 2.53. The molecule has 0 saturated carbocycles. The summed E-state index contributed by atoms with van der Waals surface area (Å²) >= 11 is 0. The number of amidine groups is 1. The van der Waals surface area contributed by atoms with Gasteiger partial charge in [-0.1, -0.05) is 12.1 Å². The average Bonchev–Trinajstić information content (AvgIpc) is 3.22. The zero-order valence-corrected chi connectivity index (χ0v) is 18.8. The first-order valence-corrected chi connectivity index (χ1v) is 11.1. The highest BCUT2D eigenvalue weighted by molar-refractivity contribution is 5.79. The van der Waals surface area contributed by atoms with Crippen molar-refractivity contribution in [3.8, 4) is 22.6 Å². The molecule has 2 aromatic carbocycles. The number of benzene rings is 2. The summed E-state index contributed by atoms with van der Waals surface area (Å²) in [5, 5.41) is 0. The molecule has 0 saturated heterocycles. The van der Waals surface area contributed by atoms with Crippen LogP contribution >= 0.6 is 0 Å². The molecule has 1 aromatic heterocycles. The molecule has 0 bridgehead atoms. The molecule has 8 heteroatoms. The van der Waals surface area contributed by atoms with Gasteiger partial charge in [-0.25, -0.2) is 19.4 Å². The molecule has 6 rings (SSSR count). The number of halogens is 1. The number of ether oxygens (including phenoxy) is 3. The second kappa shape index (κ2) is 7.36. The van der Waals surface area contributed by atoms with Crippen LogP contribution in [0, 0.1) is 5.82 Å². The zero-order valence-electron chi connectivity index (χ0n) is 18.8. The van der Waals surface area contributed by atoms with E-state index in [1.54, 1.807) is 12.4 Å². The number of aromatic nitrogens is 2. The molecular formula is C26H23FN4O3. The summed E-state index contributed by atoms with van der Waals surface area (Å²) in [6.45, 7) is 4.68. The van der Waals surface area contributed by atoms with E-state index in [1.165, 1.54) is 12.4 Å². The maximum atomic E-state index is 15.5. The van der Waals surface area contributed by atoms with E-state index in [4.69, 9.17) is 24.9 Å². The van der Waals surface area contributed by atoms with Crippen LogP contribution in [0.5, 0.6) is 11.5 Å². The van der Waals surface area contributed by atoms with Gasteiger partial charge in [-0.05, 0) is 54.8 Å². The first kappa shape index (κ1) is 20.8. The lowest BCUT2D eigenvalue weighted by Crippen LogP contribution is -2.32. The van der Waals surface area contributed by atoms with Crippen LogP contribution in [0.3, 0.4) is 0 Å². The number of aliphatic imine (C=N–C) groups is 1. The van der Waals surface area contributed by atoms with E-state index < -0.39 is 11.4 Å². The van der Waals surface area contributed by atoms with Crippen molar-refractivity contribution in [2.45, 2.75) is 31.4 Å². The third kappa shape index (κ3) is 3.25. The summed E-state index contributed by atoms with van der Waals surface area (Å²) in [4.78, 5) is 12.9. The maximum absolute atomic E-state index is 15.5. The molecule has 0 fully saturated rings. The number of hydrogen-bond acceptors (Lipinski definition) is 7. The van der Waals surface area contributed by atoms with E-state index in [1.807, 2.05) is 44.2 Å². The van der Waals surface area contributed by atoms with E-state index in [0.717, 1.165) is 27.8 Å². The summed E-state index contributed by atoms with van der Waals surface area (Å²) in [6.07, 6.45) is 7.61. The summed E-state index contributed by atoms with van der Waals surface area (Å²) in [7, 11) is 0. The lowest BCUT2D eigenvalue weighted by molar-refractivity contribution is -0.00299. The van der Waals surface area contributed by atoms with Crippen LogP contribution in [-0.4, -0.2) is 34.8 Å². The Bertz CT molecular complexity index is 1370. The van der Waals surface area contributed by atoms with Crippen molar-refractivity contribution in [3.63, 3.8) is 0 Å². The predicted molar refractivity (Wildman–Crippen MR) is 125 cm³/mol. The van der Waals surface area contributed by atoms with Gasteiger partial charge in [-0.3, -0.25) is 0 Å². The number of hydrogen-bond donors (Lipinski definition) is 1. The summed E-state index contributed by atoms with van der Waals surface area (Å²) < 4.78 is 33.1. The van der Waals surface area contributed by atoms with E-state index in [2.05, 4.69) is 9.97 Å². The first-order chi connectivity index (χ1) is 16.3. The minimum absolute atomic E-state index is 0.0597. The van der Waals surface area contributed by atoms with Gasteiger partial charge in [-0.2, -0.15) is 0 Å². The molecule has 4 heterocycles. The molecule has 7 nitrogen and oxygen atoms in total. The number of nitrogens with zero attached hydrogens (tertiary/aromatic N) is 3. The molecule has 34 heavy (non-hydrogen) atoms. The Kier molecular flexibility index (Phi) is 4.50. The molecule has 2 N–H and O–H groups in total. The van der Waals surface area contributed by atoms with Crippen molar-refractivity contribution in [3.05, 3.63) is 77.6 Å². The van der Waals surface area contributed by atoms with Gasteiger partial charge in [0.25, 0.3) is 6.02 Å². The van der Waals surface area contributed by atoms with Crippen LogP contribution in [-0.2, 0) is 15.0 Å². The Hall–Kier alpha value is -3.78. The molecule has 3 aliphatic heterocycles. The van der Waals surface area contributed by atoms with Crippen molar-refractivity contribution in [1.29, 1.82) is 0 Å². The minimum Gasteiger partial charge on any atom is -0.462 e. The molecule has 0 aliphatic carbocycles. The van der Waals surface area contributed by atoms with Gasteiger partial charge < -0.3 is 19.9 Å². The lowest BCUT2D eigenvalue weighted by atomic mass is 9.78.